The van der Waals surface area contributed by atoms with Crippen molar-refractivity contribution in [3.63, 3.8) is 0 Å². The molecule has 2 atom stereocenters. The summed E-state index contributed by atoms with van der Waals surface area (Å²) in [6.45, 7) is 5.84. The van der Waals surface area contributed by atoms with Crippen molar-refractivity contribution in [2.24, 2.45) is 5.14 Å². The van der Waals surface area contributed by atoms with Crippen LogP contribution in [-0.2, 0) is 10.0 Å². The third kappa shape index (κ3) is 4.17. The van der Waals surface area contributed by atoms with Crippen LogP contribution in [0.25, 0.3) is 0 Å². The number of aliphatic hydroxyl groups excluding tert-OH is 1. The Morgan fingerprint density at radius 1 is 1.35 bits per heavy atom. The highest BCUT2D eigenvalue weighted by atomic mass is 32.2. The van der Waals surface area contributed by atoms with E-state index >= 15 is 0 Å². The summed E-state index contributed by atoms with van der Waals surface area (Å²) in [6, 6.07) is 3.89. The van der Waals surface area contributed by atoms with Crippen molar-refractivity contribution in [3.8, 4) is 5.75 Å². The minimum absolute atomic E-state index is 0.185. The van der Waals surface area contributed by atoms with Crippen LogP contribution >= 0.6 is 0 Å². The van der Waals surface area contributed by atoms with Crippen LogP contribution in [0, 0.1) is 0 Å². The Bertz CT molecular complexity index is 557. The Kier molecular flexibility index (Phi) is 5.52. The lowest BCUT2D eigenvalue weighted by Crippen LogP contribution is -2.38. The molecule has 6 nitrogen and oxygen atoms in total. The van der Waals surface area contributed by atoms with Gasteiger partial charge in [-0.2, -0.15) is 0 Å². The average Bonchev–Trinajstić information content (AvgIpc) is 2.34. The molecule has 20 heavy (non-hydrogen) atoms. The zero-order valence-electron chi connectivity index (χ0n) is 11.9. The zero-order chi connectivity index (χ0) is 15.5. The van der Waals surface area contributed by atoms with E-state index in [0.29, 0.717) is 12.0 Å². The van der Waals surface area contributed by atoms with E-state index in [9.17, 15) is 18.6 Å². The first-order valence-electron chi connectivity index (χ1n) is 6.46. The minimum atomic E-state index is -4.03. The molecule has 0 saturated heterocycles. The molecule has 1 aromatic rings. The molecule has 0 bridgehead atoms. The van der Waals surface area contributed by atoms with Crippen molar-refractivity contribution < 1.29 is 18.6 Å². The van der Waals surface area contributed by atoms with Crippen molar-refractivity contribution in [3.05, 3.63) is 23.8 Å². The van der Waals surface area contributed by atoms with Crippen LogP contribution in [0.1, 0.15) is 38.9 Å². The zero-order valence-corrected chi connectivity index (χ0v) is 12.7. The average molecular weight is 302 g/mol. The number of benzene rings is 1. The molecule has 114 valence electrons. The number of phenols is 1. The summed E-state index contributed by atoms with van der Waals surface area (Å²) in [5.41, 5.74) is 0.395. The largest absolute Gasteiger partial charge is 0.507 e. The minimum Gasteiger partial charge on any atom is -0.507 e. The second-order valence-corrected chi connectivity index (χ2v) is 6.58. The normalized spacial score (nSPS) is 15.3. The summed E-state index contributed by atoms with van der Waals surface area (Å²) in [5.74, 6) is -0.423. The molecule has 2 unspecified atom stereocenters. The fourth-order valence-corrected chi connectivity index (χ4v) is 2.70. The molecular formula is C13H22N2O4S. The predicted octanol–water partition coefficient (Wildman–Crippen LogP) is 0.850. The summed E-state index contributed by atoms with van der Waals surface area (Å²) in [7, 11) is -4.03. The number of hydrogen-bond donors (Lipinski definition) is 4. The van der Waals surface area contributed by atoms with Crippen LogP contribution in [0.5, 0.6) is 5.75 Å². The second-order valence-electron chi connectivity index (χ2n) is 5.05. The van der Waals surface area contributed by atoms with E-state index < -0.39 is 21.9 Å². The number of hydrogen-bond acceptors (Lipinski definition) is 5. The standard InChI is InChI=1S/C13H22N2O4S/c1-4-10(15-8(2)3)13(17)9-5-6-11(16)12(7-9)20(14,18)19/h5-8,10,13,15-17H,4H2,1-3H3,(H2,14,18,19). The van der Waals surface area contributed by atoms with Gasteiger partial charge in [0.2, 0.25) is 10.0 Å². The lowest BCUT2D eigenvalue weighted by atomic mass is 9.99. The molecule has 0 fully saturated rings. The quantitative estimate of drug-likeness (QED) is 0.622. The SMILES string of the molecule is CCC(NC(C)C)C(O)c1ccc(O)c(S(N)(=O)=O)c1. The Morgan fingerprint density at radius 2 is 1.95 bits per heavy atom. The summed E-state index contributed by atoms with van der Waals surface area (Å²) in [6.07, 6.45) is -0.214. The van der Waals surface area contributed by atoms with Gasteiger partial charge < -0.3 is 15.5 Å². The highest BCUT2D eigenvalue weighted by Gasteiger charge is 2.23. The Hall–Kier alpha value is -1.15. The van der Waals surface area contributed by atoms with Crippen molar-refractivity contribution >= 4 is 10.0 Å². The van der Waals surface area contributed by atoms with Gasteiger partial charge in [0.15, 0.2) is 0 Å². The van der Waals surface area contributed by atoms with Gasteiger partial charge in [-0.15, -0.1) is 0 Å². The highest BCUT2D eigenvalue weighted by molar-refractivity contribution is 7.89. The maximum atomic E-state index is 11.4. The van der Waals surface area contributed by atoms with Crippen molar-refractivity contribution in [1.82, 2.24) is 5.32 Å². The van der Waals surface area contributed by atoms with Crippen LogP contribution in [0.3, 0.4) is 0 Å². The molecule has 5 N–H and O–H groups in total. The van der Waals surface area contributed by atoms with Crippen LogP contribution in [-0.4, -0.2) is 30.7 Å². The second kappa shape index (κ2) is 6.53. The van der Waals surface area contributed by atoms with Gasteiger partial charge in [0.1, 0.15) is 10.6 Å². The molecular weight excluding hydrogens is 280 g/mol. The number of nitrogens with one attached hydrogen (secondary N) is 1. The van der Waals surface area contributed by atoms with Gasteiger partial charge >= 0.3 is 0 Å². The molecule has 7 heteroatoms. The third-order valence-electron chi connectivity index (χ3n) is 3.00. The number of aromatic hydroxyl groups is 1. The van der Waals surface area contributed by atoms with Gasteiger partial charge in [0, 0.05) is 12.1 Å². The van der Waals surface area contributed by atoms with Gasteiger partial charge in [-0.05, 0) is 24.1 Å². The number of primary sulfonamides is 1. The Morgan fingerprint density at radius 3 is 2.40 bits per heavy atom. The van der Waals surface area contributed by atoms with Gasteiger partial charge in [0.25, 0.3) is 0 Å². The van der Waals surface area contributed by atoms with E-state index in [1.165, 1.54) is 18.2 Å². The first-order chi connectivity index (χ1) is 9.16. The van der Waals surface area contributed by atoms with E-state index in [0.717, 1.165) is 0 Å². The first kappa shape index (κ1) is 16.9. The van der Waals surface area contributed by atoms with Crippen LogP contribution in [0.15, 0.2) is 23.1 Å². The maximum Gasteiger partial charge on any atom is 0.241 e. The van der Waals surface area contributed by atoms with Gasteiger partial charge in [-0.3, -0.25) is 0 Å². The summed E-state index contributed by atoms with van der Waals surface area (Å²) < 4.78 is 22.7. The van der Waals surface area contributed by atoms with Crippen LogP contribution in [0.4, 0.5) is 0 Å². The number of aliphatic hydroxyl groups is 1. The molecule has 0 aliphatic carbocycles. The number of rotatable bonds is 6. The van der Waals surface area contributed by atoms with Gasteiger partial charge in [-0.25, -0.2) is 13.6 Å². The molecule has 0 amide bonds. The summed E-state index contributed by atoms with van der Waals surface area (Å²) >= 11 is 0. The lowest BCUT2D eigenvalue weighted by molar-refractivity contribution is 0.121. The Labute approximate surface area is 119 Å². The van der Waals surface area contributed by atoms with Crippen LogP contribution < -0.4 is 10.5 Å². The fraction of sp³-hybridized carbons (Fsp3) is 0.538. The molecule has 1 rings (SSSR count). The number of sulfonamides is 1. The molecule has 0 aromatic heterocycles. The first-order valence-corrected chi connectivity index (χ1v) is 8.01. The molecule has 0 aliphatic heterocycles. The molecule has 0 heterocycles. The maximum absolute atomic E-state index is 11.4. The van der Waals surface area contributed by atoms with Crippen molar-refractivity contribution in [1.29, 1.82) is 0 Å². The smallest absolute Gasteiger partial charge is 0.241 e. The topological polar surface area (TPSA) is 113 Å². The molecule has 0 spiro atoms. The lowest BCUT2D eigenvalue weighted by Gasteiger charge is -2.25. The van der Waals surface area contributed by atoms with Crippen molar-refractivity contribution in [2.45, 2.75) is 50.3 Å². The molecule has 0 saturated carbocycles. The Balaban J connectivity index is 3.13. The van der Waals surface area contributed by atoms with E-state index in [1.54, 1.807) is 0 Å². The number of phenolic OH excluding ortho intramolecular Hbond substituents is 1. The van der Waals surface area contributed by atoms with E-state index in [-0.39, 0.29) is 17.0 Å². The predicted molar refractivity (Wildman–Crippen MR) is 76.8 cm³/mol. The van der Waals surface area contributed by atoms with E-state index in [4.69, 9.17) is 5.14 Å². The molecule has 1 aromatic carbocycles. The summed E-state index contributed by atoms with van der Waals surface area (Å²) in [5, 5.41) is 28.1. The van der Waals surface area contributed by atoms with Crippen molar-refractivity contribution in [2.75, 3.05) is 0 Å². The molecule has 0 radical (unpaired) electrons. The third-order valence-corrected chi connectivity index (χ3v) is 3.94. The van der Waals surface area contributed by atoms with Crippen LogP contribution in [0.2, 0.25) is 0 Å². The molecule has 0 aliphatic rings. The van der Waals surface area contributed by atoms with E-state index in [2.05, 4.69) is 5.32 Å². The fourth-order valence-electron chi connectivity index (χ4n) is 2.04. The van der Waals surface area contributed by atoms with Gasteiger partial charge in [-0.1, -0.05) is 26.8 Å². The monoisotopic (exact) mass is 302 g/mol. The summed E-state index contributed by atoms with van der Waals surface area (Å²) in [4.78, 5) is -0.381. The number of nitrogens with two attached hydrogens (primary N) is 1. The highest BCUT2D eigenvalue weighted by Crippen LogP contribution is 2.27. The van der Waals surface area contributed by atoms with Gasteiger partial charge in [0.05, 0.1) is 6.10 Å². The van der Waals surface area contributed by atoms with E-state index in [1.807, 2.05) is 20.8 Å².